The highest BCUT2D eigenvalue weighted by Crippen LogP contribution is 2.10. The summed E-state index contributed by atoms with van der Waals surface area (Å²) in [4.78, 5) is 32.2. The van der Waals surface area contributed by atoms with E-state index in [0.717, 1.165) is 5.56 Å². The highest BCUT2D eigenvalue weighted by atomic mass is 79.9. The molecule has 8 heteroatoms. The fourth-order valence-electron chi connectivity index (χ4n) is 2.01. The largest absolute Gasteiger partial charge is 0.352 e. The molecule has 0 spiro atoms. The Morgan fingerprint density at radius 2 is 2.09 bits per heavy atom. The highest BCUT2D eigenvalue weighted by molar-refractivity contribution is 9.10. The van der Waals surface area contributed by atoms with Crippen LogP contribution in [0.2, 0.25) is 0 Å². The van der Waals surface area contributed by atoms with Crippen molar-refractivity contribution in [2.24, 2.45) is 0 Å². The smallest absolute Gasteiger partial charge is 0.288 e. The lowest BCUT2D eigenvalue weighted by atomic mass is 10.2. The molecule has 1 amide bonds. The van der Waals surface area contributed by atoms with E-state index in [1.807, 2.05) is 30.3 Å². The molecule has 22 heavy (non-hydrogen) atoms. The average Bonchev–Trinajstić information content (AvgIpc) is 3.00. The predicted molar refractivity (Wildman–Crippen MR) is 83.3 cm³/mol. The van der Waals surface area contributed by atoms with Crippen molar-refractivity contribution in [2.45, 2.75) is 13.0 Å². The molecule has 0 unspecified atom stereocenters. The quantitative estimate of drug-likeness (QED) is 0.726. The Morgan fingerprint density at radius 3 is 2.86 bits per heavy atom. The van der Waals surface area contributed by atoms with Crippen molar-refractivity contribution >= 4 is 27.6 Å². The molecule has 0 fully saturated rings. The molecule has 0 saturated carbocycles. The monoisotopic (exact) mass is 361 g/mol. The van der Waals surface area contributed by atoms with Crippen molar-refractivity contribution < 1.29 is 4.79 Å². The summed E-state index contributed by atoms with van der Waals surface area (Å²) in [6.45, 7) is 0.431. The van der Waals surface area contributed by atoms with Crippen LogP contribution in [0.15, 0.2) is 45.9 Å². The van der Waals surface area contributed by atoms with E-state index in [-0.39, 0.29) is 28.1 Å². The van der Waals surface area contributed by atoms with Crippen molar-refractivity contribution in [3.05, 3.63) is 62.7 Å². The van der Waals surface area contributed by atoms with E-state index < -0.39 is 0 Å². The van der Waals surface area contributed by atoms with Crippen molar-refractivity contribution in [3.63, 3.8) is 0 Å². The second-order valence-corrected chi connectivity index (χ2v) is 5.43. The molecule has 0 aliphatic heterocycles. The molecule has 0 atom stereocenters. The van der Waals surface area contributed by atoms with Crippen LogP contribution < -0.4 is 10.9 Å². The normalized spacial score (nSPS) is 10.8. The van der Waals surface area contributed by atoms with Crippen LogP contribution in [0.3, 0.4) is 0 Å². The summed E-state index contributed by atoms with van der Waals surface area (Å²) >= 11 is 3.19. The minimum Gasteiger partial charge on any atom is -0.352 e. The second kappa shape index (κ2) is 6.10. The summed E-state index contributed by atoms with van der Waals surface area (Å²) in [6, 6.07) is 9.59. The molecule has 0 aliphatic rings. The number of H-pyrrole nitrogens is 1. The zero-order chi connectivity index (χ0) is 15.5. The molecule has 3 rings (SSSR count). The lowest BCUT2D eigenvalue weighted by molar-refractivity contribution is -0.120. The van der Waals surface area contributed by atoms with E-state index >= 15 is 0 Å². The third-order valence-corrected chi connectivity index (χ3v) is 3.90. The van der Waals surface area contributed by atoms with Crippen LogP contribution in [-0.4, -0.2) is 25.5 Å². The van der Waals surface area contributed by atoms with E-state index in [9.17, 15) is 9.59 Å². The molecule has 0 radical (unpaired) electrons. The Balaban J connectivity index is 1.74. The summed E-state index contributed by atoms with van der Waals surface area (Å²) in [5.41, 5.74) is 1.04. The first-order valence-corrected chi connectivity index (χ1v) is 7.35. The number of hydrogen-bond donors (Lipinski definition) is 2. The number of aromatic nitrogens is 4. The maximum Gasteiger partial charge on any atom is 0.288 e. The van der Waals surface area contributed by atoms with Crippen LogP contribution in [0.4, 0.5) is 0 Å². The van der Waals surface area contributed by atoms with Crippen LogP contribution in [0.1, 0.15) is 11.3 Å². The standard InChI is InChI=1S/C14H12BrN5O2/c15-12-10(19-14-17-8-18-20(14)13(12)22)6-11(21)16-7-9-4-2-1-3-5-9/h1-5,8H,6-7H2,(H,16,21)(H,17,18,19). The first kappa shape index (κ1) is 14.5. The lowest BCUT2D eigenvalue weighted by Gasteiger charge is -2.06. The highest BCUT2D eigenvalue weighted by Gasteiger charge is 2.14. The predicted octanol–water partition coefficient (Wildman–Crippen LogP) is 1.04. The van der Waals surface area contributed by atoms with Crippen molar-refractivity contribution in [2.75, 3.05) is 0 Å². The number of nitrogens with one attached hydrogen (secondary N) is 2. The van der Waals surface area contributed by atoms with E-state index in [4.69, 9.17) is 0 Å². The maximum atomic E-state index is 12.0. The summed E-state index contributed by atoms with van der Waals surface area (Å²) in [6.07, 6.45) is 1.38. The number of amides is 1. The third kappa shape index (κ3) is 2.91. The molecule has 0 aliphatic carbocycles. The fourth-order valence-corrected chi connectivity index (χ4v) is 2.41. The molecule has 0 saturated heterocycles. The van der Waals surface area contributed by atoms with Gasteiger partial charge in [0, 0.05) is 6.54 Å². The summed E-state index contributed by atoms with van der Waals surface area (Å²) in [7, 11) is 0. The molecular formula is C14H12BrN5O2. The van der Waals surface area contributed by atoms with E-state index in [1.165, 1.54) is 10.8 Å². The zero-order valence-corrected chi connectivity index (χ0v) is 13.0. The summed E-state index contributed by atoms with van der Waals surface area (Å²) < 4.78 is 1.46. The van der Waals surface area contributed by atoms with Crippen LogP contribution in [0.5, 0.6) is 0 Å². The number of aromatic amines is 1. The number of carbonyl (C=O) groups is 1. The van der Waals surface area contributed by atoms with Gasteiger partial charge in [0.25, 0.3) is 11.3 Å². The first-order valence-electron chi connectivity index (χ1n) is 6.56. The minimum atomic E-state index is -0.326. The number of benzene rings is 1. The van der Waals surface area contributed by atoms with Gasteiger partial charge in [-0.3, -0.25) is 14.7 Å². The molecule has 3 aromatic rings. The number of nitrogens with zero attached hydrogens (tertiary/aromatic N) is 3. The van der Waals surface area contributed by atoms with E-state index in [2.05, 4.69) is 36.3 Å². The van der Waals surface area contributed by atoms with Gasteiger partial charge >= 0.3 is 0 Å². The molecule has 7 nitrogen and oxygen atoms in total. The molecule has 112 valence electrons. The number of fused-ring (bicyclic) bond motifs is 1. The van der Waals surface area contributed by atoms with E-state index in [1.54, 1.807) is 0 Å². The Labute approximate surface area is 133 Å². The zero-order valence-electron chi connectivity index (χ0n) is 11.4. The van der Waals surface area contributed by atoms with Crippen LogP contribution in [-0.2, 0) is 17.8 Å². The topological polar surface area (TPSA) is 92.2 Å². The second-order valence-electron chi connectivity index (χ2n) is 4.64. The number of carbonyl (C=O) groups excluding carboxylic acids is 1. The number of halogens is 1. The number of rotatable bonds is 4. The molecular weight excluding hydrogens is 350 g/mol. The van der Waals surface area contributed by atoms with Gasteiger partial charge in [-0.2, -0.15) is 4.52 Å². The van der Waals surface area contributed by atoms with Gasteiger partial charge < -0.3 is 5.32 Å². The lowest BCUT2D eigenvalue weighted by Crippen LogP contribution is -2.27. The third-order valence-electron chi connectivity index (χ3n) is 3.11. The van der Waals surface area contributed by atoms with Crippen molar-refractivity contribution in [3.8, 4) is 0 Å². The van der Waals surface area contributed by atoms with Crippen molar-refractivity contribution in [1.82, 2.24) is 24.9 Å². The Morgan fingerprint density at radius 1 is 1.32 bits per heavy atom. The van der Waals surface area contributed by atoms with Gasteiger partial charge in [0.2, 0.25) is 5.91 Å². The molecule has 2 heterocycles. The van der Waals surface area contributed by atoms with Gasteiger partial charge in [-0.05, 0) is 21.5 Å². The van der Waals surface area contributed by atoms with Gasteiger partial charge in [0.1, 0.15) is 10.8 Å². The van der Waals surface area contributed by atoms with Crippen LogP contribution >= 0.6 is 15.9 Å². The van der Waals surface area contributed by atoms with Crippen LogP contribution in [0, 0.1) is 0 Å². The Kier molecular flexibility index (Phi) is 4.01. The van der Waals surface area contributed by atoms with Gasteiger partial charge in [-0.1, -0.05) is 30.3 Å². The van der Waals surface area contributed by atoms with E-state index in [0.29, 0.717) is 12.2 Å². The van der Waals surface area contributed by atoms with Crippen LogP contribution in [0.25, 0.3) is 5.78 Å². The molecule has 1 aromatic carbocycles. The summed E-state index contributed by atoms with van der Waals surface area (Å²) in [5.74, 6) is 0.0235. The van der Waals surface area contributed by atoms with Gasteiger partial charge in [0.05, 0.1) is 12.1 Å². The van der Waals surface area contributed by atoms with Gasteiger partial charge in [0.15, 0.2) is 0 Å². The molecule has 2 N–H and O–H groups in total. The minimum absolute atomic E-state index is 0.00597. The Bertz CT molecular complexity index is 872. The molecule has 2 aromatic heterocycles. The molecule has 0 bridgehead atoms. The maximum absolute atomic E-state index is 12.0. The number of hydrogen-bond acceptors (Lipinski definition) is 4. The SMILES string of the molecule is O=C(Cc1nc2nc[nH]n2c(=O)c1Br)NCc1ccccc1. The fraction of sp³-hybridized carbons (Fsp3) is 0.143. The van der Waals surface area contributed by atoms with Gasteiger partial charge in [-0.25, -0.2) is 9.97 Å². The summed E-state index contributed by atoms with van der Waals surface area (Å²) in [5, 5.41) is 5.46. The van der Waals surface area contributed by atoms with Crippen molar-refractivity contribution in [1.29, 1.82) is 0 Å². The average molecular weight is 362 g/mol. The first-order chi connectivity index (χ1) is 10.6. The van der Waals surface area contributed by atoms with Gasteiger partial charge in [-0.15, -0.1) is 0 Å². The Hall–Kier alpha value is -2.48.